The van der Waals surface area contributed by atoms with Crippen LogP contribution in [0.5, 0.6) is 0 Å². The summed E-state index contributed by atoms with van der Waals surface area (Å²) in [5.41, 5.74) is 4.87. The number of rotatable bonds is 4. The third-order valence-electron chi connectivity index (χ3n) is 2.26. The van der Waals surface area contributed by atoms with Gasteiger partial charge in [0.25, 0.3) is 0 Å². The molecular weight excluding hydrogens is 318 g/mol. The van der Waals surface area contributed by atoms with Gasteiger partial charge in [0.15, 0.2) is 0 Å². The zero-order chi connectivity index (χ0) is 13.9. The minimum atomic E-state index is -0.695. The molecule has 2 N–H and O–H groups in total. The van der Waals surface area contributed by atoms with Gasteiger partial charge < -0.3 is 0 Å². The Balaban J connectivity index is 2.79. The van der Waals surface area contributed by atoms with E-state index < -0.39 is 5.41 Å². The topological polar surface area (TPSA) is 41.1 Å². The summed E-state index contributed by atoms with van der Waals surface area (Å²) in [7, 11) is 0. The molecule has 0 spiro atoms. The van der Waals surface area contributed by atoms with Crippen LogP contribution < -0.4 is 10.9 Å². The van der Waals surface area contributed by atoms with E-state index in [0.29, 0.717) is 20.8 Å². The van der Waals surface area contributed by atoms with Gasteiger partial charge in [-0.25, -0.2) is 0 Å². The van der Waals surface area contributed by atoms with E-state index in [2.05, 4.69) is 10.9 Å². The first-order valence-electron chi connectivity index (χ1n) is 5.05. The fourth-order valence-electron chi connectivity index (χ4n) is 1.01. The molecule has 18 heavy (non-hydrogen) atoms. The minimum absolute atomic E-state index is 0.197. The fourth-order valence-corrected chi connectivity index (χ4v) is 2.04. The number of hydrogen-bond donors (Lipinski definition) is 2. The maximum Gasteiger partial charge on any atom is 0.245 e. The molecule has 100 valence electrons. The second-order valence-electron chi connectivity index (χ2n) is 4.34. The molecule has 0 heterocycles. The van der Waals surface area contributed by atoms with Crippen molar-refractivity contribution in [1.82, 2.24) is 5.43 Å². The lowest BCUT2D eigenvalue weighted by Crippen LogP contribution is -2.41. The molecule has 0 radical (unpaired) electrons. The van der Waals surface area contributed by atoms with Crippen LogP contribution in [0.1, 0.15) is 13.8 Å². The van der Waals surface area contributed by atoms with Gasteiger partial charge in [-0.2, -0.15) is 0 Å². The summed E-state index contributed by atoms with van der Waals surface area (Å²) in [6, 6.07) is 3.05. The molecule has 0 aliphatic carbocycles. The molecule has 1 rings (SSSR count). The largest absolute Gasteiger partial charge is 0.296 e. The Morgan fingerprint density at radius 1 is 1.22 bits per heavy atom. The van der Waals surface area contributed by atoms with Gasteiger partial charge in [0, 0.05) is 10.9 Å². The number of hydrazine groups is 1. The fraction of sp³-hybridized carbons (Fsp3) is 0.364. The minimum Gasteiger partial charge on any atom is -0.296 e. The van der Waals surface area contributed by atoms with Crippen LogP contribution in [0.4, 0.5) is 5.69 Å². The Bertz CT molecular complexity index is 439. The second-order valence-corrected chi connectivity index (χ2v) is 5.86. The number of nitrogens with one attached hydrogen (secondary N) is 2. The Hall–Kier alpha value is -0.350. The predicted octanol–water partition coefficient (Wildman–Crippen LogP) is 4.35. The van der Waals surface area contributed by atoms with Gasteiger partial charge >= 0.3 is 0 Å². The van der Waals surface area contributed by atoms with Gasteiger partial charge in [-0.15, -0.1) is 11.6 Å². The van der Waals surface area contributed by atoms with Crippen LogP contribution in [-0.2, 0) is 4.79 Å². The Kier molecular flexibility index (Phi) is 5.41. The van der Waals surface area contributed by atoms with Gasteiger partial charge in [0.1, 0.15) is 0 Å². The van der Waals surface area contributed by atoms with Crippen LogP contribution in [-0.4, -0.2) is 11.8 Å². The summed E-state index contributed by atoms with van der Waals surface area (Å²) in [5, 5.41) is 1.05. The molecule has 0 atom stereocenters. The molecule has 1 aromatic rings. The molecular formula is C11H12Cl4N2O. The molecule has 0 saturated heterocycles. The van der Waals surface area contributed by atoms with Crippen molar-refractivity contribution in [2.24, 2.45) is 5.41 Å². The van der Waals surface area contributed by atoms with Crippen molar-refractivity contribution in [3.8, 4) is 0 Å². The first-order valence-corrected chi connectivity index (χ1v) is 6.72. The highest BCUT2D eigenvalue weighted by Gasteiger charge is 2.26. The van der Waals surface area contributed by atoms with Crippen molar-refractivity contribution in [2.75, 3.05) is 11.3 Å². The number of hydrogen-bond acceptors (Lipinski definition) is 2. The smallest absolute Gasteiger partial charge is 0.245 e. The van der Waals surface area contributed by atoms with E-state index in [0.717, 1.165) is 0 Å². The van der Waals surface area contributed by atoms with E-state index in [-0.39, 0.29) is 11.8 Å². The highest BCUT2D eigenvalue weighted by Crippen LogP contribution is 2.33. The van der Waals surface area contributed by atoms with E-state index in [4.69, 9.17) is 46.4 Å². The van der Waals surface area contributed by atoms with Crippen LogP contribution in [0.2, 0.25) is 15.1 Å². The molecule has 1 aromatic carbocycles. The average molecular weight is 330 g/mol. The molecule has 0 bridgehead atoms. The van der Waals surface area contributed by atoms with Crippen LogP contribution >= 0.6 is 46.4 Å². The van der Waals surface area contributed by atoms with E-state index in [1.54, 1.807) is 13.8 Å². The molecule has 0 saturated carbocycles. The van der Waals surface area contributed by atoms with Gasteiger partial charge in [-0.05, 0) is 26.0 Å². The number of anilines is 1. The van der Waals surface area contributed by atoms with Gasteiger partial charge in [0.2, 0.25) is 5.91 Å². The van der Waals surface area contributed by atoms with Crippen molar-refractivity contribution in [1.29, 1.82) is 0 Å². The summed E-state index contributed by atoms with van der Waals surface area (Å²) in [6.45, 7) is 3.45. The Morgan fingerprint density at radius 3 is 2.17 bits per heavy atom. The van der Waals surface area contributed by atoms with E-state index in [1.807, 2.05) is 0 Å². The maximum atomic E-state index is 11.8. The molecule has 0 aliphatic heterocycles. The third-order valence-corrected chi connectivity index (χ3v) is 3.74. The van der Waals surface area contributed by atoms with Gasteiger partial charge in [-0.3, -0.25) is 15.6 Å². The van der Waals surface area contributed by atoms with Crippen LogP contribution in [0.25, 0.3) is 0 Å². The third kappa shape index (κ3) is 3.82. The lowest BCUT2D eigenvalue weighted by Gasteiger charge is -2.21. The maximum absolute atomic E-state index is 11.8. The molecule has 3 nitrogen and oxygen atoms in total. The van der Waals surface area contributed by atoms with E-state index in [9.17, 15) is 4.79 Å². The Labute approximate surface area is 126 Å². The summed E-state index contributed by atoms with van der Waals surface area (Å²) in [6.07, 6.45) is 0. The second kappa shape index (κ2) is 6.20. The number of alkyl halides is 1. The zero-order valence-corrected chi connectivity index (χ0v) is 12.8. The summed E-state index contributed by atoms with van der Waals surface area (Å²) in [5.74, 6) is -0.0673. The molecule has 1 amide bonds. The zero-order valence-electron chi connectivity index (χ0n) is 9.78. The molecule has 7 heteroatoms. The molecule has 0 fully saturated rings. The quantitative estimate of drug-likeness (QED) is 0.636. The number of amides is 1. The number of carbonyl (C=O) groups is 1. The lowest BCUT2D eigenvalue weighted by molar-refractivity contribution is -0.127. The van der Waals surface area contributed by atoms with Crippen LogP contribution in [0.15, 0.2) is 12.1 Å². The van der Waals surface area contributed by atoms with E-state index in [1.165, 1.54) is 12.1 Å². The SMILES string of the molecule is CC(C)(CCl)C(=O)NNc1c(Cl)cc(Cl)cc1Cl. The standard InChI is InChI=1S/C11H12Cl4N2O/c1-11(2,5-12)10(18)17-16-9-7(14)3-6(13)4-8(9)15/h3-4,16H,5H2,1-2H3,(H,17,18). The van der Waals surface area contributed by atoms with Crippen molar-refractivity contribution in [3.63, 3.8) is 0 Å². The van der Waals surface area contributed by atoms with Crippen molar-refractivity contribution in [3.05, 3.63) is 27.2 Å². The van der Waals surface area contributed by atoms with Crippen molar-refractivity contribution < 1.29 is 4.79 Å². The summed E-state index contributed by atoms with van der Waals surface area (Å²) in [4.78, 5) is 11.8. The van der Waals surface area contributed by atoms with Crippen LogP contribution in [0, 0.1) is 5.41 Å². The molecule has 0 aliphatic rings. The normalized spacial score (nSPS) is 11.2. The summed E-state index contributed by atoms with van der Waals surface area (Å²) >= 11 is 23.4. The first-order chi connectivity index (χ1) is 8.27. The summed E-state index contributed by atoms with van der Waals surface area (Å²) < 4.78 is 0. The van der Waals surface area contributed by atoms with E-state index >= 15 is 0 Å². The average Bonchev–Trinajstić information content (AvgIpc) is 2.27. The highest BCUT2D eigenvalue weighted by atomic mass is 35.5. The monoisotopic (exact) mass is 328 g/mol. The number of benzene rings is 1. The first kappa shape index (κ1) is 15.7. The van der Waals surface area contributed by atoms with Gasteiger partial charge in [-0.1, -0.05) is 34.8 Å². The Morgan fingerprint density at radius 2 is 1.72 bits per heavy atom. The van der Waals surface area contributed by atoms with Crippen molar-refractivity contribution in [2.45, 2.75) is 13.8 Å². The highest BCUT2D eigenvalue weighted by molar-refractivity contribution is 6.41. The number of carbonyl (C=O) groups excluding carboxylic acids is 1. The molecule has 0 aromatic heterocycles. The number of halogens is 4. The molecule has 0 unspecified atom stereocenters. The van der Waals surface area contributed by atoms with Crippen molar-refractivity contribution >= 4 is 58.0 Å². The lowest BCUT2D eigenvalue weighted by atomic mass is 9.96. The van der Waals surface area contributed by atoms with Gasteiger partial charge in [0.05, 0.1) is 21.1 Å². The predicted molar refractivity (Wildman–Crippen MR) is 77.7 cm³/mol. The van der Waals surface area contributed by atoms with Crippen LogP contribution in [0.3, 0.4) is 0 Å².